The Morgan fingerprint density at radius 2 is 1.96 bits per heavy atom. The molecule has 0 aromatic heterocycles. The van der Waals surface area contributed by atoms with E-state index < -0.39 is 0 Å². The van der Waals surface area contributed by atoms with Crippen molar-refractivity contribution in [1.82, 2.24) is 0 Å². The van der Waals surface area contributed by atoms with Gasteiger partial charge in [0.05, 0.1) is 23.2 Å². The number of esters is 1. The van der Waals surface area contributed by atoms with Crippen molar-refractivity contribution in [3.05, 3.63) is 35.9 Å². The van der Waals surface area contributed by atoms with Crippen molar-refractivity contribution in [3.8, 4) is 0 Å². The largest absolute Gasteiger partial charge is 0.462 e. The van der Waals surface area contributed by atoms with Crippen LogP contribution in [-0.2, 0) is 20.9 Å². The number of benzene rings is 1. The topological polar surface area (TPSA) is 35.5 Å². The van der Waals surface area contributed by atoms with Crippen LogP contribution < -0.4 is 0 Å². The Bertz CT molecular complexity index is 517. The normalized spacial score (nSPS) is 26.8. The zero-order valence-corrected chi connectivity index (χ0v) is 15.8. The molecule has 0 unspecified atom stereocenters. The molecule has 0 N–H and O–H groups in total. The zero-order chi connectivity index (χ0) is 16.8. The zero-order valence-electron chi connectivity index (χ0n) is 14.2. The van der Waals surface area contributed by atoms with Crippen LogP contribution in [0.1, 0.15) is 38.2 Å². The Morgan fingerprint density at radius 3 is 2.67 bits per heavy atom. The van der Waals surface area contributed by atoms with Crippen molar-refractivity contribution in [3.63, 3.8) is 0 Å². The van der Waals surface area contributed by atoms with Gasteiger partial charge in [-0.25, -0.2) is 0 Å². The molecule has 0 aliphatic carbocycles. The summed E-state index contributed by atoms with van der Waals surface area (Å²) in [6, 6.07) is 10.3. The summed E-state index contributed by atoms with van der Waals surface area (Å²) in [5.74, 6) is 2.40. The maximum atomic E-state index is 11.9. The van der Waals surface area contributed by atoms with Gasteiger partial charge >= 0.3 is 5.97 Å². The number of cyclic esters (lactones) is 1. The van der Waals surface area contributed by atoms with E-state index in [1.807, 2.05) is 48.6 Å². The number of rotatable bonds is 6. The van der Waals surface area contributed by atoms with Gasteiger partial charge in [0.1, 0.15) is 6.10 Å². The molecule has 0 spiro atoms. The molecular weight excluding hydrogens is 340 g/mol. The lowest BCUT2D eigenvalue weighted by Gasteiger charge is -2.34. The van der Waals surface area contributed by atoms with E-state index in [9.17, 15) is 4.79 Å². The molecule has 3 atom stereocenters. The van der Waals surface area contributed by atoms with Crippen LogP contribution in [0.15, 0.2) is 30.3 Å². The molecular formula is C19H26O3S2. The fourth-order valence-electron chi connectivity index (χ4n) is 3.07. The first-order valence-corrected chi connectivity index (χ1v) is 10.9. The molecule has 0 bridgehead atoms. The number of carbonyl (C=O) groups is 1. The van der Waals surface area contributed by atoms with Crippen LogP contribution in [0.2, 0.25) is 0 Å². The van der Waals surface area contributed by atoms with Crippen molar-refractivity contribution in [2.75, 3.05) is 11.5 Å². The van der Waals surface area contributed by atoms with Crippen LogP contribution in [0.4, 0.5) is 0 Å². The fraction of sp³-hybridized carbons (Fsp3) is 0.632. The molecule has 2 aliphatic rings. The average molecular weight is 367 g/mol. The number of thioether (sulfide) groups is 2. The molecule has 2 aliphatic heterocycles. The van der Waals surface area contributed by atoms with E-state index in [1.165, 1.54) is 23.5 Å². The first-order valence-electron chi connectivity index (χ1n) is 8.81. The fourth-order valence-corrected chi connectivity index (χ4v) is 6.11. The molecule has 3 nitrogen and oxygen atoms in total. The van der Waals surface area contributed by atoms with Gasteiger partial charge in [0.25, 0.3) is 0 Å². The minimum Gasteiger partial charge on any atom is -0.462 e. The van der Waals surface area contributed by atoms with Crippen LogP contribution in [0.25, 0.3) is 0 Å². The Kier molecular flexibility index (Phi) is 6.93. The molecule has 5 heteroatoms. The Labute approximate surface area is 153 Å². The molecule has 132 valence electrons. The minimum atomic E-state index is -0.0444. The lowest BCUT2D eigenvalue weighted by molar-refractivity contribution is -0.161. The van der Waals surface area contributed by atoms with Gasteiger partial charge in [-0.2, -0.15) is 0 Å². The number of hydrogen-bond acceptors (Lipinski definition) is 5. The summed E-state index contributed by atoms with van der Waals surface area (Å²) >= 11 is 3.99. The predicted molar refractivity (Wildman–Crippen MR) is 101 cm³/mol. The summed E-state index contributed by atoms with van der Waals surface area (Å²) in [6.07, 6.45) is 4.12. The van der Waals surface area contributed by atoms with Crippen LogP contribution in [0.3, 0.4) is 0 Å². The summed E-state index contributed by atoms with van der Waals surface area (Å²) in [5, 5.41) is 0. The third kappa shape index (κ3) is 5.17. The lowest BCUT2D eigenvalue weighted by atomic mass is 9.97. The smallest absolute Gasteiger partial charge is 0.308 e. The molecule has 2 fully saturated rings. The van der Waals surface area contributed by atoms with Gasteiger partial charge in [0.15, 0.2) is 0 Å². The lowest BCUT2D eigenvalue weighted by Crippen LogP contribution is -2.36. The third-order valence-electron chi connectivity index (χ3n) is 4.57. The molecule has 1 aromatic carbocycles. The molecule has 0 saturated carbocycles. The van der Waals surface area contributed by atoms with Gasteiger partial charge in [-0.3, -0.25) is 4.79 Å². The van der Waals surface area contributed by atoms with Crippen molar-refractivity contribution < 1.29 is 14.3 Å². The molecule has 1 aromatic rings. The van der Waals surface area contributed by atoms with E-state index >= 15 is 0 Å². The molecule has 3 rings (SSSR count). The van der Waals surface area contributed by atoms with E-state index in [4.69, 9.17) is 9.47 Å². The third-order valence-corrected chi connectivity index (χ3v) is 7.69. The van der Waals surface area contributed by atoms with Crippen LogP contribution in [0.5, 0.6) is 0 Å². The van der Waals surface area contributed by atoms with Gasteiger partial charge in [-0.1, -0.05) is 37.3 Å². The maximum absolute atomic E-state index is 11.9. The SMILES string of the molecule is C[C@H]1CC[C@@H](C[C@@H](OCc2ccccc2)C2SCCCS2)OC1=O. The number of hydrogen-bond donors (Lipinski definition) is 0. The quantitative estimate of drug-likeness (QED) is 0.693. The monoisotopic (exact) mass is 366 g/mol. The van der Waals surface area contributed by atoms with E-state index in [-0.39, 0.29) is 24.1 Å². The van der Waals surface area contributed by atoms with Crippen molar-refractivity contribution >= 4 is 29.5 Å². The Hall–Kier alpha value is -0.650. The summed E-state index contributed by atoms with van der Waals surface area (Å²) in [6.45, 7) is 2.58. The molecule has 2 saturated heterocycles. The van der Waals surface area contributed by atoms with E-state index in [0.717, 1.165) is 19.3 Å². The predicted octanol–water partition coefficient (Wildman–Crippen LogP) is 4.50. The molecule has 0 radical (unpaired) electrons. The van der Waals surface area contributed by atoms with Crippen molar-refractivity contribution in [1.29, 1.82) is 0 Å². The van der Waals surface area contributed by atoms with Gasteiger partial charge in [-0.15, -0.1) is 23.5 Å². The van der Waals surface area contributed by atoms with Gasteiger partial charge in [0, 0.05) is 6.42 Å². The minimum absolute atomic E-state index is 0.0117. The molecule has 24 heavy (non-hydrogen) atoms. The highest BCUT2D eigenvalue weighted by Crippen LogP contribution is 2.37. The first-order chi connectivity index (χ1) is 11.7. The second kappa shape index (κ2) is 9.16. The number of ether oxygens (including phenoxy) is 2. The second-order valence-corrected chi connectivity index (χ2v) is 9.37. The highest BCUT2D eigenvalue weighted by Gasteiger charge is 2.33. The van der Waals surface area contributed by atoms with Gasteiger partial charge in [-0.05, 0) is 36.3 Å². The standard InChI is InChI=1S/C19H26O3S2/c1-14-8-9-16(22-18(14)20)12-17(19-23-10-5-11-24-19)21-13-15-6-3-2-4-7-15/h2-4,6-7,14,16-17,19H,5,8-13H2,1H3/t14-,16-,17+/m0/s1. The highest BCUT2D eigenvalue weighted by atomic mass is 32.2. The second-order valence-electron chi connectivity index (χ2n) is 6.57. The van der Waals surface area contributed by atoms with Crippen LogP contribution in [-0.4, -0.2) is 34.3 Å². The summed E-state index contributed by atoms with van der Waals surface area (Å²) < 4.78 is 12.4. The van der Waals surface area contributed by atoms with Gasteiger partial charge in [0.2, 0.25) is 0 Å². The number of carbonyl (C=O) groups excluding carboxylic acids is 1. The maximum Gasteiger partial charge on any atom is 0.308 e. The average Bonchev–Trinajstić information content (AvgIpc) is 2.63. The van der Waals surface area contributed by atoms with Crippen LogP contribution >= 0.6 is 23.5 Å². The first kappa shape index (κ1) is 18.2. The van der Waals surface area contributed by atoms with Crippen molar-refractivity contribution in [2.24, 2.45) is 5.92 Å². The summed E-state index contributed by atoms with van der Waals surface area (Å²) in [5.41, 5.74) is 1.20. The molecule has 0 amide bonds. The summed E-state index contributed by atoms with van der Waals surface area (Å²) in [4.78, 5) is 11.9. The Morgan fingerprint density at radius 1 is 1.21 bits per heavy atom. The Balaban J connectivity index is 1.59. The van der Waals surface area contributed by atoms with Crippen LogP contribution in [0, 0.1) is 5.92 Å². The van der Waals surface area contributed by atoms with Gasteiger partial charge < -0.3 is 9.47 Å². The van der Waals surface area contributed by atoms with E-state index in [2.05, 4.69) is 12.1 Å². The van der Waals surface area contributed by atoms with E-state index in [0.29, 0.717) is 11.2 Å². The summed E-state index contributed by atoms with van der Waals surface area (Å²) in [7, 11) is 0. The molecule has 2 heterocycles. The van der Waals surface area contributed by atoms with Crippen molar-refractivity contribution in [2.45, 2.75) is 56.0 Å². The van der Waals surface area contributed by atoms with E-state index in [1.54, 1.807) is 0 Å². The highest BCUT2D eigenvalue weighted by molar-refractivity contribution is 8.17.